The summed E-state index contributed by atoms with van der Waals surface area (Å²) in [5, 5.41) is 1.07. The zero-order valence-corrected chi connectivity index (χ0v) is 14.5. The van der Waals surface area contributed by atoms with Crippen LogP contribution in [0.25, 0.3) is 11.0 Å². The molecule has 0 atom stereocenters. The lowest BCUT2D eigenvalue weighted by atomic mass is 9.79. The van der Waals surface area contributed by atoms with Gasteiger partial charge in [-0.25, -0.2) is 0 Å². The molecular formula is C19H26O2. The van der Waals surface area contributed by atoms with Crippen LogP contribution in [0.15, 0.2) is 16.5 Å². The molecule has 0 aliphatic rings. The van der Waals surface area contributed by atoms with Crippen molar-refractivity contribution in [1.29, 1.82) is 0 Å². The van der Waals surface area contributed by atoms with E-state index in [9.17, 15) is 4.79 Å². The first-order valence-electron chi connectivity index (χ1n) is 7.52. The van der Waals surface area contributed by atoms with Crippen LogP contribution in [0, 0.1) is 6.92 Å². The van der Waals surface area contributed by atoms with E-state index in [0.29, 0.717) is 5.76 Å². The van der Waals surface area contributed by atoms with E-state index in [1.54, 1.807) is 6.92 Å². The van der Waals surface area contributed by atoms with Crippen LogP contribution in [-0.4, -0.2) is 5.78 Å². The molecule has 0 radical (unpaired) electrons. The minimum Gasteiger partial charge on any atom is -0.452 e. The van der Waals surface area contributed by atoms with Gasteiger partial charge in [-0.2, -0.15) is 0 Å². The predicted octanol–water partition coefficient (Wildman–Crippen LogP) is 5.54. The molecule has 1 aromatic carbocycles. The Morgan fingerprint density at radius 1 is 1.00 bits per heavy atom. The summed E-state index contributed by atoms with van der Waals surface area (Å²) in [6, 6.07) is 4.41. The fourth-order valence-corrected chi connectivity index (χ4v) is 2.64. The van der Waals surface area contributed by atoms with E-state index in [0.717, 1.165) is 16.5 Å². The fraction of sp³-hybridized carbons (Fsp3) is 0.526. The van der Waals surface area contributed by atoms with Gasteiger partial charge in [0.15, 0.2) is 11.5 Å². The number of fused-ring (bicyclic) bond motifs is 1. The maximum absolute atomic E-state index is 11.8. The number of furan rings is 1. The van der Waals surface area contributed by atoms with Gasteiger partial charge in [-0.05, 0) is 29.4 Å². The number of carbonyl (C=O) groups is 1. The van der Waals surface area contributed by atoms with Crippen LogP contribution in [0.1, 0.15) is 75.7 Å². The zero-order chi connectivity index (χ0) is 16.2. The van der Waals surface area contributed by atoms with E-state index in [-0.39, 0.29) is 16.6 Å². The van der Waals surface area contributed by atoms with Crippen LogP contribution >= 0.6 is 0 Å². The van der Waals surface area contributed by atoms with Crippen molar-refractivity contribution < 1.29 is 9.21 Å². The van der Waals surface area contributed by atoms with Crippen molar-refractivity contribution in [2.45, 2.75) is 66.2 Å². The lowest BCUT2D eigenvalue weighted by Gasteiger charge is -2.25. The second-order valence-electron chi connectivity index (χ2n) is 8.01. The van der Waals surface area contributed by atoms with Gasteiger partial charge in [0.2, 0.25) is 0 Å². The highest BCUT2D eigenvalue weighted by Gasteiger charge is 2.26. The van der Waals surface area contributed by atoms with Crippen LogP contribution in [-0.2, 0) is 10.8 Å². The Kier molecular flexibility index (Phi) is 3.56. The summed E-state index contributed by atoms with van der Waals surface area (Å²) in [5.74, 6) is 0.474. The second kappa shape index (κ2) is 4.72. The first-order chi connectivity index (χ1) is 9.43. The molecule has 2 rings (SSSR count). The van der Waals surface area contributed by atoms with Crippen molar-refractivity contribution in [3.05, 3.63) is 34.6 Å². The first kappa shape index (κ1) is 15.8. The Labute approximate surface area is 127 Å². The van der Waals surface area contributed by atoms with Gasteiger partial charge in [0.05, 0.1) is 0 Å². The molecule has 0 bridgehead atoms. The molecule has 0 fully saturated rings. The molecule has 0 N–H and O–H groups in total. The lowest BCUT2D eigenvalue weighted by Crippen LogP contribution is -2.16. The average Bonchev–Trinajstić information content (AvgIpc) is 2.63. The summed E-state index contributed by atoms with van der Waals surface area (Å²) in [7, 11) is 0. The van der Waals surface area contributed by atoms with Gasteiger partial charge >= 0.3 is 0 Å². The number of benzene rings is 1. The quantitative estimate of drug-likeness (QED) is 0.644. The highest BCUT2D eigenvalue weighted by atomic mass is 16.3. The molecule has 0 amide bonds. The summed E-state index contributed by atoms with van der Waals surface area (Å²) in [6.07, 6.45) is 0. The number of rotatable bonds is 1. The smallest absolute Gasteiger partial charge is 0.195 e. The maximum atomic E-state index is 11.8. The SMILES string of the molecule is CC(=O)c1oc2c(C(C)(C)C)cc(C(C)(C)C)cc2c1C. The Morgan fingerprint density at radius 3 is 2.00 bits per heavy atom. The molecule has 2 nitrogen and oxygen atoms in total. The fourth-order valence-electron chi connectivity index (χ4n) is 2.64. The van der Waals surface area contributed by atoms with E-state index in [1.807, 2.05) is 6.92 Å². The van der Waals surface area contributed by atoms with Crippen LogP contribution in [0.3, 0.4) is 0 Å². The lowest BCUT2D eigenvalue weighted by molar-refractivity contribution is 0.0988. The molecule has 0 aliphatic carbocycles. The molecule has 2 heteroatoms. The number of hydrogen-bond acceptors (Lipinski definition) is 2. The zero-order valence-electron chi connectivity index (χ0n) is 14.5. The third-order valence-corrected chi connectivity index (χ3v) is 4.03. The number of carbonyl (C=O) groups excluding carboxylic acids is 1. The average molecular weight is 286 g/mol. The van der Waals surface area contributed by atoms with Crippen LogP contribution in [0.2, 0.25) is 0 Å². The van der Waals surface area contributed by atoms with Crippen molar-refractivity contribution in [2.75, 3.05) is 0 Å². The van der Waals surface area contributed by atoms with E-state index < -0.39 is 0 Å². The van der Waals surface area contributed by atoms with Gasteiger partial charge in [-0.1, -0.05) is 47.6 Å². The minimum atomic E-state index is -0.0299. The third kappa shape index (κ3) is 2.76. The normalized spacial score (nSPS) is 13.0. The highest BCUT2D eigenvalue weighted by Crippen LogP contribution is 2.38. The predicted molar refractivity (Wildman–Crippen MR) is 88.4 cm³/mol. The molecule has 0 unspecified atom stereocenters. The van der Waals surface area contributed by atoms with Crippen LogP contribution in [0.5, 0.6) is 0 Å². The Hall–Kier alpha value is -1.57. The van der Waals surface area contributed by atoms with E-state index in [1.165, 1.54) is 11.1 Å². The largest absolute Gasteiger partial charge is 0.452 e. The van der Waals surface area contributed by atoms with Crippen molar-refractivity contribution >= 4 is 16.8 Å². The van der Waals surface area contributed by atoms with Gasteiger partial charge in [0.25, 0.3) is 0 Å². The van der Waals surface area contributed by atoms with E-state index in [4.69, 9.17) is 4.42 Å². The standard InChI is InChI=1S/C19H26O2/c1-11-14-9-13(18(3,4)5)10-15(19(6,7)8)17(14)21-16(11)12(2)20/h9-10H,1-8H3. The molecule has 0 saturated heterocycles. The summed E-state index contributed by atoms with van der Waals surface area (Å²) < 4.78 is 5.94. The molecule has 0 spiro atoms. The van der Waals surface area contributed by atoms with Crippen molar-refractivity contribution in [3.8, 4) is 0 Å². The number of aryl methyl sites for hydroxylation is 1. The van der Waals surface area contributed by atoms with Gasteiger partial charge in [-0.3, -0.25) is 4.79 Å². The minimum absolute atomic E-state index is 0.0131. The van der Waals surface area contributed by atoms with Gasteiger partial charge in [0.1, 0.15) is 5.58 Å². The molecule has 21 heavy (non-hydrogen) atoms. The van der Waals surface area contributed by atoms with Crippen LogP contribution in [0.4, 0.5) is 0 Å². The van der Waals surface area contributed by atoms with Crippen molar-refractivity contribution in [3.63, 3.8) is 0 Å². The summed E-state index contributed by atoms with van der Waals surface area (Å²) >= 11 is 0. The number of hydrogen-bond donors (Lipinski definition) is 0. The third-order valence-electron chi connectivity index (χ3n) is 4.03. The molecule has 2 aromatic rings. The second-order valence-corrected chi connectivity index (χ2v) is 8.01. The van der Waals surface area contributed by atoms with E-state index >= 15 is 0 Å². The molecule has 1 heterocycles. The number of ketones is 1. The van der Waals surface area contributed by atoms with Gasteiger partial charge in [-0.15, -0.1) is 0 Å². The first-order valence-corrected chi connectivity index (χ1v) is 7.52. The summed E-state index contributed by atoms with van der Waals surface area (Å²) in [4.78, 5) is 11.8. The topological polar surface area (TPSA) is 30.2 Å². The van der Waals surface area contributed by atoms with E-state index in [2.05, 4.69) is 53.7 Å². The Bertz CT molecular complexity index is 704. The molecular weight excluding hydrogens is 260 g/mol. The number of Topliss-reactive ketones (excluding diaryl/α,β-unsaturated/α-hetero) is 1. The van der Waals surface area contributed by atoms with Gasteiger partial charge < -0.3 is 4.42 Å². The summed E-state index contributed by atoms with van der Waals surface area (Å²) in [6.45, 7) is 16.7. The molecule has 0 saturated carbocycles. The Morgan fingerprint density at radius 2 is 1.57 bits per heavy atom. The van der Waals surface area contributed by atoms with Crippen molar-refractivity contribution in [1.82, 2.24) is 0 Å². The summed E-state index contributed by atoms with van der Waals surface area (Å²) in [5.41, 5.74) is 4.29. The molecule has 0 aliphatic heterocycles. The molecule has 1 aromatic heterocycles. The monoisotopic (exact) mass is 286 g/mol. The molecule has 114 valence electrons. The van der Waals surface area contributed by atoms with Crippen LogP contribution < -0.4 is 0 Å². The van der Waals surface area contributed by atoms with Gasteiger partial charge in [0, 0.05) is 23.4 Å². The Balaban J connectivity index is 2.92. The highest BCUT2D eigenvalue weighted by molar-refractivity contribution is 5.99. The van der Waals surface area contributed by atoms with Crippen molar-refractivity contribution in [2.24, 2.45) is 0 Å². The maximum Gasteiger partial charge on any atom is 0.195 e.